The van der Waals surface area contributed by atoms with E-state index in [0.717, 1.165) is 62.5 Å². The number of hydrogen-bond acceptors (Lipinski definition) is 19. The number of hydrogen-bond donors (Lipinski definition) is 15. The fourth-order valence-electron chi connectivity index (χ4n) is 10.0. The fraction of sp³-hybridized carbons (Fsp3) is 0.712. The average Bonchev–Trinajstić information content (AvgIpc) is 3.99. The lowest BCUT2D eigenvalue weighted by atomic mass is 9.91. The number of halogens is 1. The number of amides is 8. The van der Waals surface area contributed by atoms with Crippen LogP contribution in [0.2, 0.25) is 0 Å². The smallest absolute Gasteiger partial charge is 0.325 e. The summed E-state index contributed by atoms with van der Waals surface area (Å²) in [5, 5.41) is 101. The third-order valence-corrected chi connectivity index (χ3v) is 14.7. The van der Waals surface area contributed by atoms with Gasteiger partial charge in [0.1, 0.15) is 60.3 Å². The number of primary amides is 1. The molecular formula is C52H84ClN9O18. The monoisotopic (exact) mass is 1160 g/mol. The third-order valence-electron chi connectivity index (χ3n) is 14.7. The summed E-state index contributed by atoms with van der Waals surface area (Å²) in [4.78, 5) is 125. The summed E-state index contributed by atoms with van der Waals surface area (Å²) in [6, 6.07) is -7.40. The van der Waals surface area contributed by atoms with Crippen molar-refractivity contribution in [3.05, 3.63) is 29.8 Å². The molecule has 452 valence electrons. The molecule has 3 aliphatic heterocycles. The van der Waals surface area contributed by atoms with Crippen molar-refractivity contribution in [3.63, 3.8) is 0 Å². The molecule has 0 saturated carbocycles. The molecule has 17 N–H and O–H groups in total. The summed E-state index contributed by atoms with van der Waals surface area (Å²) in [6.07, 6.45) is -10.5. The first-order chi connectivity index (χ1) is 37.3. The van der Waals surface area contributed by atoms with Crippen molar-refractivity contribution >= 4 is 65.6 Å². The number of ether oxygens (including phenoxy) is 1. The van der Waals surface area contributed by atoms with Crippen molar-refractivity contribution in [1.29, 1.82) is 0 Å². The molecule has 4 rings (SSSR count). The second-order valence-corrected chi connectivity index (χ2v) is 21.2. The Labute approximate surface area is 470 Å². The first kappa shape index (κ1) is 68.7. The highest BCUT2D eigenvalue weighted by atomic mass is 35.5. The van der Waals surface area contributed by atoms with Crippen molar-refractivity contribution in [3.8, 4) is 5.75 Å². The largest absolute Gasteiger partial charge is 0.426 e. The van der Waals surface area contributed by atoms with E-state index in [1.54, 1.807) is 0 Å². The molecule has 80 heavy (non-hydrogen) atoms. The quantitative estimate of drug-likeness (QED) is 0.0301. The molecule has 0 aliphatic carbocycles. The Morgan fingerprint density at radius 3 is 1.95 bits per heavy atom. The lowest BCUT2D eigenvalue weighted by molar-refractivity contribution is -0.149. The standard InChI is InChI=1S/C52H83N9O18.ClH/c1-5-26(2)20-27(3)12-10-8-6-7-9-11-13-38(68)55-32-22-36(66)48(74)59-50(76)43-34(64)18-19-60(43)52(78)41(35(65)23-37(54)67)57-49(75)42(45(71)44(70)29-14-16-31(17-15-29)79-39(69)24-53)58-47(73)33-21-30(63)25-61(33)51(77)40(28(4)62)56-46(32)72;/h14-17,26-28,30,32-36,40-45,48,62-66,70-71,74H,5-13,18-25,53H2,1-4H3,(H2,54,67)(H,55,68)(H,56,72)(H,57,75)(H,58,73)(H,59,76);1H/t26?,27?,28-,30+,32-,33-,34-,35-,36+,40-,41-,42-,43-,44-,45-,48+;/m0./s1. The number of nitrogens with two attached hydrogens (primary N) is 2. The maximum atomic E-state index is 14.5. The summed E-state index contributed by atoms with van der Waals surface area (Å²) in [6.45, 7) is 6.22. The number of aliphatic hydroxyl groups is 8. The van der Waals surface area contributed by atoms with E-state index in [2.05, 4.69) is 47.4 Å². The molecule has 0 spiro atoms. The van der Waals surface area contributed by atoms with Crippen LogP contribution in [0.1, 0.15) is 129 Å². The zero-order valence-corrected chi connectivity index (χ0v) is 46.5. The lowest BCUT2D eigenvalue weighted by Gasteiger charge is -2.34. The highest BCUT2D eigenvalue weighted by Crippen LogP contribution is 2.27. The van der Waals surface area contributed by atoms with E-state index in [-0.39, 0.29) is 36.6 Å². The summed E-state index contributed by atoms with van der Waals surface area (Å²) in [5.74, 6) is -9.35. The number of benzene rings is 1. The number of esters is 1. The van der Waals surface area contributed by atoms with Gasteiger partial charge >= 0.3 is 5.97 Å². The van der Waals surface area contributed by atoms with Gasteiger partial charge in [-0.25, -0.2) is 0 Å². The molecule has 0 aromatic heterocycles. The number of unbranched alkanes of at least 4 members (excludes halogenated alkanes) is 5. The van der Waals surface area contributed by atoms with Crippen LogP contribution in [0.25, 0.3) is 0 Å². The number of nitrogens with one attached hydrogen (secondary N) is 5. The van der Waals surface area contributed by atoms with Gasteiger partial charge in [-0.2, -0.15) is 0 Å². The van der Waals surface area contributed by atoms with Gasteiger partial charge in [0.15, 0.2) is 6.23 Å². The van der Waals surface area contributed by atoms with E-state index in [0.29, 0.717) is 29.6 Å². The third kappa shape index (κ3) is 19.8. The SMILES string of the molecule is CCC(C)CC(C)CCCCCCCCC(=O)N[C@H]1C[C@@H](O)[C@@H](O)NC(=O)[C@@H]2[C@@H](O)CCN2C(=O)[C@H]([C@@H](O)CC(N)=O)NC(=O)[C@H]([C@H](O)[C@@H](O)c2ccc(OC(=O)CN)cc2)NC(=O)[C@@H]2C[C@@H](O)CN2C(=O)[C@H]([C@H](C)O)NC1=O.Cl. The Morgan fingerprint density at radius 2 is 1.34 bits per heavy atom. The van der Waals surface area contributed by atoms with E-state index in [4.69, 9.17) is 16.2 Å². The van der Waals surface area contributed by atoms with Crippen molar-refractivity contribution in [2.45, 2.75) is 203 Å². The van der Waals surface area contributed by atoms with Crippen LogP contribution >= 0.6 is 12.4 Å². The van der Waals surface area contributed by atoms with Gasteiger partial charge in [0.2, 0.25) is 47.3 Å². The highest BCUT2D eigenvalue weighted by Gasteiger charge is 2.49. The maximum Gasteiger partial charge on any atom is 0.325 e. The van der Waals surface area contributed by atoms with Gasteiger partial charge in [-0.3, -0.25) is 43.2 Å². The first-order valence-corrected chi connectivity index (χ1v) is 27.1. The highest BCUT2D eigenvalue weighted by molar-refractivity contribution is 5.98. The first-order valence-electron chi connectivity index (χ1n) is 27.1. The number of carbonyl (C=O) groups excluding carboxylic acids is 9. The molecule has 3 saturated heterocycles. The molecule has 1 aromatic carbocycles. The minimum atomic E-state index is -2.41. The van der Waals surface area contributed by atoms with Gasteiger partial charge in [0.05, 0.1) is 37.4 Å². The molecule has 2 unspecified atom stereocenters. The second kappa shape index (κ2) is 32.7. The van der Waals surface area contributed by atoms with Crippen LogP contribution in [0.3, 0.4) is 0 Å². The minimum Gasteiger partial charge on any atom is -0.426 e. The van der Waals surface area contributed by atoms with Crippen molar-refractivity contribution < 1.29 is 88.7 Å². The molecular weight excluding hydrogens is 1070 g/mol. The van der Waals surface area contributed by atoms with Crippen molar-refractivity contribution in [2.75, 3.05) is 19.6 Å². The zero-order chi connectivity index (χ0) is 58.8. The Bertz CT molecular complexity index is 2250. The van der Waals surface area contributed by atoms with Gasteiger partial charge in [0, 0.05) is 32.4 Å². The molecule has 0 bridgehead atoms. The predicted octanol–water partition coefficient (Wildman–Crippen LogP) is -3.76. The molecule has 3 heterocycles. The van der Waals surface area contributed by atoms with Crippen LogP contribution in [-0.4, -0.2) is 203 Å². The van der Waals surface area contributed by atoms with Gasteiger partial charge in [-0.1, -0.05) is 77.8 Å². The van der Waals surface area contributed by atoms with E-state index in [9.17, 15) is 84.0 Å². The van der Waals surface area contributed by atoms with E-state index >= 15 is 0 Å². The number of rotatable bonds is 22. The molecule has 0 radical (unpaired) electrons. The predicted molar refractivity (Wildman–Crippen MR) is 286 cm³/mol. The normalized spacial score (nSPS) is 27.7. The second-order valence-electron chi connectivity index (χ2n) is 21.2. The van der Waals surface area contributed by atoms with Crippen LogP contribution in [0.5, 0.6) is 5.75 Å². The van der Waals surface area contributed by atoms with Crippen LogP contribution in [0, 0.1) is 11.8 Å². The van der Waals surface area contributed by atoms with Crippen LogP contribution < -0.4 is 42.8 Å². The van der Waals surface area contributed by atoms with Gasteiger partial charge < -0.3 is 93.4 Å². The average molecular weight is 1160 g/mol. The van der Waals surface area contributed by atoms with E-state index in [1.807, 2.05) is 0 Å². The van der Waals surface area contributed by atoms with Crippen LogP contribution in [0.15, 0.2) is 24.3 Å². The van der Waals surface area contributed by atoms with Crippen molar-refractivity contribution in [1.82, 2.24) is 36.4 Å². The topological polar surface area (TPSA) is 443 Å². The summed E-state index contributed by atoms with van der Waals surface area (Å²) < 4.78 is 5.03. The van der Waals surface area contributed by atoms with Crippen LogP contribution in [0.4, 0.5) is 0 Å². The van der Waals surface area contributed by atoms with E-state index in [1.165, 1.54) is 18.6 Å². The molecule has 28 heteroatoms. The fourth-order valence-corrected chi connectivity index (χ4v) is 10.0. The van der Waals surface area contributed by atoms with Gasteiger partial charge in [-0.05, 0) is 55.7 Å². The number of aliphatic hydroxyl groups excluding tert-OH is 8. The molecule has 3 fully saturated rings. The summed E-state index contributed by atoms with van der Waals surface area (Å²) in [7, 11) is 0. The summed E-state index contributed by atoms with van der Waals surface area (Å²) in [5.41, 5.74) is 10.5. The Kier molecular flexibility index (Phi) is 28.1. The Morgan fingerprint density at radius 1 is 0.738 bits per heavy atom. The van der Waals surface area contributed by atoms with Gasteiger partial charge in [-0.15, -0.1) is 12.4 Å². The maximum absolute atomic E-state index is 14.5. The summed E-state index contributed by atoms with van der Waals surface area (Å²) >= 11 is 0. The number of nitrogens with zero attached hydrogens (tertiary/aromatic N) is 2. The lowest BCUT2D eigenvalue weighted by Crippen LogP contribution is -2.64. The van der Waals surface area contributed by atoms with Crippen molar-refractivity contribution in [2.24, 2.45) is 23.3 Å². The molecule has 3 aliphatic rings. The molecule has 27 nitrogen and oxygen atoms in total. The number of fused-ring (bicyclic) bond motifs is 2. The Hall–Kier alpha value is -5.62. The molecule has 16 atom stereocenters. The molecule has 8 amide bonds. The number of carbonyl (C=O) groups is 9. The minimum absolute atomic E-state index is 0. The zero-order valence-electron chi connectivity index (χ0n) is 45.7. The Balaban J connectivity index is 0.0000168. The van der Waals surface area contributed by atoms with Gasteiger partial charge in [0.25, 0.3) is 0 Å². The van der Waals surface area contributed by atoms with E-state index < -0.39 is 177 Å². The van der Waals surface area contributed by atoms with Crippen LogP contribution in [-0.2, 0) is 43.2 Å². The molecule has 1 aromatic rings.